The number of carbonyl (C=O) groups excluding carboxylic acids is 1. The van der Waals surface area contributed by atoms with Crippen LogP contribution in [0.1, 0.15) is 13.8 Å². The highest BCUT2D eigenvalue weighted by molar-refractivity contribution is 5.65. The lowest BCUT2D eigenvalue weighted by Gasteiger charge is -2.11. The molecule has 11 heavy (non-hydrogen) atoms. The van der Waals surface area contributed by atoms with Crippen molar-refractivity contribution in [2.45, 2.75) is 20.0 Å². The highest BCUT2D eigenvalue weighted by atomic mass is 16.7. The fourth-order valence-electron chi connectivity index (χ4n) is 0.467. The zero-order valence-corrected chi connectivity index (χ0v) is 7.12. The van der Waals surface area contributed by atoms with Gasteiger partial charge in [-0.2, -0.15) is 0 Å². The Labute approximate surface area is 66.4 Å². The van der Waals surface area contributed by atoms with Gasteiger partial charge in [0, 0.05) is 14.0 Å². The van der Waals surface area contributed by atoms with Crippen LogP contribution in [0.4, 0.5) is 0 Å². The molecular formula is C7H14O4. The van der Waals surface area contributed by atoms with Gasteiger partial charge < -0.3 is 14.2 Å². The number of esters is 1. The molecule has 1 unspecified atom stereocenters. The minimum absolute atomic E-state index is 0.112. The second-order valence-electron chi connectivity index (χ2n) is 2.19. The Kier molecular flexibility index (Phi) is 5.78. The number of ether oxygens (including phenoxy) is 3. The van der Waals surface area contributed by atoms with Gasteiger partial charge in [-0.15, -0.1) is 0 Å². The predicted octanol–water partition coefficient (Wildman–Crippen LogP) is 0.558. The summed E-state index contributed by atoms with van der Waals surface area (Å²) < 4.78 is 14.4. The van der Waals surface area contributed by atoms with E-state index in [0.29, 0.717) is 0 Å². The first-order valence-electron chi connectivity index (χ1n) is 3.40. The van der Waals surface area contributed by atoms with E-state index >= 15 is 0 Å². The van der Waals surface area contributed by atoms with Crippen LogP contribution in [0, 0.1) is 0 Å². The maximum Gasteiger partial charge on any atom is 0.302 e. The van der Waals surface area contributed by atoms with Gasteiger partial charge in [-0.1, -0.05) is 0 Å². The number of methoxy groups -OCH3 is 1. The summed E-state index contributed by atoms with van der Waals surface area (Å²) in [5, 5.41) is 0. The van der Waals surface area contributed by atoms with Crippen LogP contribution < -0.4 is 0 Å². The Morgan fingerprint density at radius 3 is 2.64 bits per heavy atom. The van der Waals surface area contributed by atoms with Crippen molar-refractivity contribution in [3.8, 4) is 0 Å². The Bertz CT molecular complexity index is 113. The van der Waals surface area contributed by atoms with Crippen LogP contribution in [0.2, 0.25) is 0 Å². The molecule has 4 heteroatoms. The van der Waals surface area contributed by atoms with Crippen molar-refractivity contribution in [1.29, 1.82) is 0 Å². The molecule has 0 saturated carbocycles. The molecule has 0 aromatic rings. The molecule has 0 fully saturated rings. The smallest absolute Gasteiger partial charge is 0.302 e. The van der Waals surface area contributed by atoms with Gasteiger partial charge in [0.25, 0.3) is 0 Å². The van der Waals surface area contributed by atoms with Crippen LogP contribution in [-0.2, 0) is 19.0 Å². The molecule has 0 bridgehead atoms. The molecule has 0 N–H and O–H groups in total. The number of hydrogen-bond acceptors (Lipinski definition) is 4. The highest BCUT2D eigenvalue weighted by Gasteiger charge is 2.02. The van der Waals surface area contributed by atoms with Crippen molar-refractivity contribution in [2.24, 2.45) is 0 Å². The van der Waals surface area contributed by atoms with Gasteiger partial charge in [0.1, 0.15) is 13.4 Å². The number of carbonyl (C=O) groups is 1. The third-order valence-corrected chi connectivity index (χ3v) is 0.992. The molecule has 0 heterocycles. The molecule has 0 aliphatic heterocycles. The minimum atomic E-state index is -0.294. The van der Waals surface area contributed by atoms with Crippen molar-refractivity contribution in [3.63, 3.8) is 0 Å². The van der Waals surface area contributed by atoms with Gasteiger partial charge in [-0.25, -0.2) is 0 Å². The van der Waals surface area contributed by atoms with E-state index in [-0.39, 0.29) is 25.5 Å². The van der Waals surface area contributed by atoms with Gasteiger partial charge in [-0.05, 0) is 6.92 Å². The van der Waals surface area contributed by atoms with E-state index in [1.807, 2.05) is 6.92 Å². The second-order valence-corrected chi connectivity index (χ2v) is 2.19. The van der Waals surface area contributed by atoms with E-state index in [2.05, 4.69) is 9.47 Å². The average Bonchev–Trinajstić information content (AvgIpc) is 1.97. The molecular weight excluding hydrogens is 148 g/mol. The molecule has 0 radical (unpaired) electrons. The molecule has 0 aliphatic carbocycles. The number of rotatable bonds is 5. The molecule has 0 saturated heterocycles. The van der Waals surface area contributed by atoms with Crippen LogP contribution in [0.3, 0.4) is 0 Å². The maximum absolute atomic E-state index is 10.3. The van der Waals surface area contributed by atoms with Crippen molar-refractivity contribution in [1.82, 2.24) is 0 Å². The van der Waals surface area contributed by atoms with Crippen molar-refractivity contribution in [3.05, 3.63) is 0 Å². The Hall–Kier alpha value is -0.610. The van der Waals surface area contributed by atoms with Crippen molar-refractivity contribution >= 4 is 5.97 Å². The summed E-state index contributed by atoms with van der Waals surface area (Å²) in [5.41, 5.74) is 0. The summed E-state index contributed by atoms with van der Waals surface area (Å²) in [6.45, 7) is 3.67. The molecule has 0 aliphatic rings. The first kappa shape index (κ1) is 10.4. The van der Waals surface area contributed by atoms with Crippen LogP contribution in [0.15, 0.2) is 0 Å². The lowest BCUT2D eigenvalue weighted by molar-refractivity contribution is -0.148. The van der Waals surface area contributed by atoms with Gasteiger partial charge >= 0.3 is 5.97 Å². The molecule has 0 rings (SSSR count). The first-order chi connectivity index (χ1) is 5.16. The second kappa shape index (κ2) is 6.12. The molecule has 66 valence electrons. The zero-order chi connectivity index (χ0) is 8.69. The topological polar surface area (TPSA) is 44.8 Å². The largest absolute Gasteiger partial charge is 0.463 e. The van der Waals surface area contributed by atoms with E-state index in [4.69, 9.17) is 4.74 Å². The highest BCUT2D eigenvalue weighted by Crippen LogP contribution is 1.91. The SMILES string of the molecule is COCOC(C)COC(C)=O. The third-order valence-electron chi connectivity index (χ3n) is 0.992. The summed E-state index contributed by atoms with van der Waals surface area (Å²) in [7, 11) is 1.54. The molecule has 0 aromatic heterocycles. The van der Waals surface area contributed by atoms with E-state index in [1.54, 1.807) is 7.11 Å². The van der Waals surface area contributed by atoms with Gasteiger partial charge in [0.05, 0.1) is 6.10 Å². The van der Waals surface area contributed by atoms with Gasteiger partial charge in [0.15, 0.2) is 0 Å². The van der Waals surface area contributed by atoms with E-state index in [9.17, 15) is 4.79 Å². The standard InChI is InChI=1S/C7H14O4/c1-6(11-5-9-3)4-10-7(2)8/h6H,4-5H2,1-3H3. The third kappa shape index (κ3) is 7.29. The Morgan fingerprint density at radius 2 is 2.18 bits per heavy atom. The Balaban J connectivity index is 3.22. The lowest BCUT2D eigenvalue weighted by Crippen LogP contribution is -2.18. The zero-order valence-electron chi connectivity index (χ0n) is 7.12. The average molecular weight is 162 g/mol. The van der Waals surface area contributed by atoms with Crippen LogP contribution in [-0.4, -0.2) is 32.6 Å². The minimum Gasteiger partial charge on any atom is -0.463 e. The summed E-state index contributed by atoms with van der Waals surface area (Å²) in [5.74, 6) is -0.294. The summed E-state index contributed by atoms with van der Waals surface area (Å²) in [6.07, 6.45) is -0.112. The van der Waals surface area contributed by atoms with Gasteiger partial charge in [0.2, 0.25) is 0 Å². The van der Waals surface area contributed by atoms with E-state index in [1.165, 1.54) is 6.92 Å². The first-order valence-corrected chi connectivity index (χ1v) is 3.40. The Morgan fingerprint density at radius 1 is 1.55 bits per heavy atom. The van der Waals surface area contributed by atoms with Crippen molar-refractivity contribution < 1.29 is 19.0 Å². The maximum atomic E-state index is 10.3. The van der Waals surface area contributed by atoms with Gasteiger partial charge in [-0.3, -0.25) is 4.79 Å². The molecule has 0 aromatic carbocycles. The monoisotopic (exact) mass is 162 g/mol. The summed E-state index contributed by atoms with van der Waals surface area (Å²) >= 11 is 0. The van der Waals surface area contributed by atoms with E-state index < -0.39 is 0 Å². The molecule has 4 nitrogen and oxygen atoms in total. The van der Waals surface area contributed by atoms with Crippen LogP contribution in [0.25, 0.3) is 0 Å². The van der Waals surface area contributed by atoms with Crippen LogP contribution >= 0.6 is 0 Å². The molecule has 1 atom stereocenters. The number of hydrogen-bond donors (Lipinski definition) is 0. The quantitative estimate of drug-likeness (QED) is 0.437. The van der Waals surface area contributed by atoms with Crippen molar-refractivity contribution in [2.75, 3.05) is 20.5 Å². The normalized spacial score (nSPS) is 12.6. The molecule has 0 amide bonds. The fourth-order valence-corrected chi connectivity index (χ4v) is 0.467. The molecule has 0 spiro atoms. The van der Waals surface area contributed by atoms with E-state index in [0.717, 1.165) is 0 Å². The fraction of sp³-hybridized carbons (Fsp3) is 0.857. The van der Waals surface area contributed by atoms with Crippen LogP contribution in [0.5, 0.6) is 0 Å². The summed E-state index contributed by atoms with van der Waals surface area (Å²) in [4.78, 5) is 10.3. The predicted molar refractivity (Wildman–Crippen MR) is 39.1 cm³/mol. The lowest BCUT2D eigenvalue weighted by atomic mass is 10.4. The summed E-state index contributed by atoms with van der Waals surface area (Å²) in [6, 6.07) is 0.